The van der Waals surface area contributed by atoms with Gasteiger partial charge in [0, 0.05) is 24.8 Å². The Bertz CT molecular complexity index is 1100. The molecule has 5 nitrogen and oxygen atoms in total. The summed E-state index contributed by atoms with van der Waals surface area (Å²) in [6.07, 6.45) is 2.59. The number of carbonyl (C=O) groups excluding carboxylic acids is 1. The lowest BCUT2D eigenvalue weighted by Crippen LogP contribution is -2.26. The van der Waals surface area contributed by atoms with Crippen LogP contribution in [-0.4, -0.2) is 31.9 Å². The monoisotopic (exact) mass is 418 g/mol. The second-order valence-electron chi connectivity index (χ2n) is 7.49. The molecule has 144 valence electrons. The Morgan fingerprint density at radius 1 is 1.14 bits per heavy atom. The predicted molar refractivity (Wildman–Crippen MR) is 104 cm³/mol. The third-order valence-corrected chi connectivity index (χ3v) is 5.99. The molecule has 0 spiro atoms. The molecule has 1 aliphatic carbocycles. The summed E-state index contributed by atoms with van der Waals surface area (Å²) in [5, 5.41) is 4.87. The predicted octanol–water partition coefficient (Wildman–Crippen LogP) is 4.57. The molecule has 1 aliphatic heterocycles. The van der Waals surface area contributed by atoms with Gasteiger partial charge in [0.1, 0.15) is 11.0 Å². The SMILES string of the molecule is O=C1CC(c2ccc(F)c(Cl)c2)CN1Cc1c(C2CC2)nc2ccc(Cl)nn12. The number of benzene rings is 1. The summed E-state index contributed by atoms with van der Waals surface area (Å²) < 4.78 is 15.2. The number of rotatable bonds is 4. The molecule has 5 rings (SSSR count). The van der Waals surface area contributed by atoms with E-state index in [4.69, 9.17) is 28.2 Å². The minimum atomic E-state index is -0.450. The normalized spacial score (nSPS) is 19.8. The van der Waals surface area contributed by atoms with Gasteiger partial charge in [-0.25, -0.2) is 13.9 Å². The van der Waals surface area contributed by atoms with Gasteiger partial charge in [-0.05, 0) is 42.7 Å². The molecule has 0 radical (unpaired) electrons. The van der Waals surface area contributed by atoms with Crippen molar-refractivity contribution in [2.45, 2.75) is 37.6 Å². The van der Waals surface area contributed by atoms with Gasteiger partial charge in [-0.15, -0.1) is 0 Å². The topological polar surface area (TPSA) is 50.5 Å². The largest absolute Gasteiger partial charge is 0.336 e. The van der Waals surface area contributed by atoms with E-state index < -0.39 is 5.82 Å². The van der Waals surface area contributed by atoms with Gasteiger partial charge in [0.2, 0.25) is 5.91 Å². The van der Waals surface area contributed by atoms with Crippen molar-refractivity contribution in [3.63, 3.8) is 0 Å². The third kappa shape index (κ3) is 3.14. The Labute approximate surface area is 171 Å². The zero-order valence-electron chi connectivity index (χ0n) is 14.9. The van der Waals surface area contributed by atoms with E-state index in [9.17, 15) is 9.18 Å². The molecule has 2 fully saturated rings. The van der Waals surface area contributed by atoms with Crippen LogP contribution in [-0.2, 0) is 11.3 Å². The summed E-state index contributed by atoms with van der Waals surface area (Å²) in [6, 6.07) is 8.24. The van der Waals surface area contributed by atoms with Gasteiger partial charge >= 0.3 is 0 Å². The Balaban J connectivity index is 1.45. The molecule has 0 N–H and O–H groups in total. The molecule has 1 saturated carbocycles. The van der Waals surface area contributed by atoms with E-state index in [2.05, 4.69) is 5.10 Å². The van der Waals surface area contributed by atoms with E-state index in [1.807, 2.05) is 11.0 Å². The number of amides is 1. The summed E-state index contributed by atoms with van der Waals surface area (Å²) in [5.41, 5.74) is 3.56. The van der Waals surface area contributed by atoms with Crippen molar-refractivity contribution in [3.8, 4) is 0 Å². The maximum absolute atomic E-state index is 13.5. The minimum absolute atomic E-state index is 0.00860. The van der Waals surface area contributed by atoms with E-state index in [1.165, 1.54) is 6.07 Å². The highest BCUT2D eigenvalue weighted by atomic mass is 35.5. The molecule has 0 bridgehead atoms. The lowest BCUT2D eigenvalue weighted by molar-refractivity contribution is -0.128. The first-order valence-corrected chi connectivity index (χ1v) is 10.0. The fourth-order valence-electron chi connectivity index (χ4n) is 3.90. The Morgan fingerprint density at radius 2 is 1.96 bits per heavy atom. The molecule has 28 heavy (non-hydrogen) atoms. The van der Waals surface area contributed by atoms with Crippen molar-refractivity contribution in [1.82, 2.24) is 19.5 Å². The molecule has 1 saturated heterocycles. The van der Waals surface area contributed by atoms with Crippen molar-refractivity contribution in [2.24, 2.45) is 0 Å². The van der Waals surface area contributed by atoms with Crippen molar-refractivity contribution in [3.05, 3.63) is 63.3 Å². The van der Waals surface area contributed by atoms with Crippen LogP contribution in [0.4, 0.5) is 4.39 Å². The summed E-state index contributed by atoms with van der Waals surface area (Å²) >= 11 is 12.0. The highest BCUT2D eigenvalue weighted by Gasteiger charge is 2.35. The molecule has 1 unspecified atom stereocenters. The van der Waals surface area contributed by atoms with Crippen LogP contribution in [0.15, 0.2) is 30.3 Å². The Morgan fingerprint density at radius 3 is 2.71 bits per heavy atom. The van der Waals surface area contributed by atoms with Crippen LogP contribution in [0, 0.1) is 5.82 Å². The Hall–Kier alpha value is -2.18. The first kappa shape index (κ1) is 17.9. The molecule has 1 atom stereocenters. The molecule has 8 heteroatoms. The fourth-order valence-corrected chi connectivity index (χ4v) is 4.23. The number of likely N-dealkylation sites (tertiary alicyclic amines) is 1. The first-order chi connectivity index (χ1) is 13.5. The van der Waals surface area contributed by atoms with Gasteiger partial charge in [-0.2, -0.15) is 5.10 Å². The van der Waals surface area contributed by atoms with Crippen LogP contribution in [0.2, 0.25) is 10.2 Å². The van der Waals surface area contributed by atoms with Crippen LogP contribution >= 0.6 is 23.2 Å². The van der Waals surface area contributed by atoms with Crippen LogP contribution in [0.1, 0.15) is 48.0 Å². The van der Waals surface area contributed by atoms with Crippen molar-refractivity contribution in [1.29, 1.82) is 0 Å². The number of imidazole rings is 1. The summed E-state index contributed by atoms with van der Waals surface area (Å²) in [7, 11) is 0. The average Bonchev–Trinajstić information content (AvgIpc) is 3.37. The number of fused-ring (bicyclic) bond motifs is 1. The molecule has 1 aromatic carbocycles. The van der Waals surface area contributed by atoms with Crippen LogP contribution in [0.5, 0.6) is 0 Å². The highest BCUT2D eigenvalue weighted by molar-refractivity contribution is 6.30. The summed E-state index contributed by atoms with van der Waals surface area (Å²) in [4.78, 5) is 19.2. The maximum Gasteiger partial charge on any atom is 0.223 e. The smallest absolute Gasteiger partial charge is 0.223 e. The molecule has 2 aliphatic rings. The lowest BCUT2D eigenvalue weighted by Gasteiger charge is -2.17. The number of hydrogen-bond donors (Lipinski definition) is 0. The van der Waals surface area contributed by atoms with Gasteiger partial charge in [-0.1, -0.05) is 29.3 Å². The third-order valence-electron chi connectivity index (χ3n) is 5.50. The molecule has 2 aromatic heterocycles. The molecule has 1 amide bonds. The van der Waals surface area contributed by atoms with Gasteiger partial charge < -0.3 is 4.90 Å². The van der Waals surface area contributed by atoms with E-state index >= 15 is 0 Å². The fraction of sp³-hybridized carbons (Fsp3) is 0.350. The molecule has 3 heterocycles. The maximum atomic E-state index is 13.5. The lowest BCUT2D eigenvalue weighted by atomic mass is 9.98. The second-order valence-corrected chi connectivity index (χ2v) is 8.29. The number of halogens is 3. The van der Waals surface area contributed by atoms with Crippen molar-refractivity contribution < 1.29 is 9.18 Å². The van der Waals surface area contributed by atoms with Gasteiger partial charge in [0.15, 0.2) is 5.65 Å². The summed E-state index contributed by atoms with van der Waals surface area (Å²) in [5.74, 6) is 0.0316. The zero-order chi connectivity index (χ0) is 19.4. The minimum Gasteiger partial charge on any atom is -0.336 e. The standard InChI is InChI=1S/C20H17Cl2FN4O/c21-14-7-12(3-4-15(14)23)13-8-19(28)26(9-13)10-16-20(11-1-2-11)24-18-6-5-17(22)25-27(16)18/h3-7,11,13H,1-2,8-10H2. The first-order valence-electron chi connectivity index (χ1n) is 9.26. The Kier molecular flexibility index (Phi) is 4.29. The van der Waals surface area contributed by atoms with Gasteiger partial charge in [0.05, 0.1) is 23.0 Å². The average molecular weight is 419 g/mol. The van der Waals surface area contributed by atoms with E-state index in [-0.39, 0.29) is 16.8 Å². The molecular weight excluding hydrogens is 402 g/mol. The van der Waals surface area contributed by atoms with Crippen molar-refractivity contribution in [2.75, 3.05) is 6.54 Å². The number of nitrogens with zero attached hydrogens (tertiary/aromatic N) is 4. The zero-order valence-corrected chi connectivity index (χ0v) is 16.4. The molecular formula is C20H17Cl2FN4O. The highest BCUT2D eigenvalue weighted by Crippen LogP contribution is 2.42. The van der Waals surface area contributed by atoms with Crippen LogP contribution in [0.3, 0.4) is 0 Å². The van der Waals surface area contributed by atoms with Crippen molar-refractivity contribution >= 4 is 34.8 Å². The summed E-state index contributed by atoms with van der Waals surface area (Å²) in [6.45, 7) is 0.989. The van der Waals surface area contributed by atoms with Crippen LogP contribution < -0.4 is 0 Å². The van der Waals surface area contributed by atoms with E-state index in [0.29, 0.717) is 30.6 Å². The second kappa shape index (κ2) is 6.71. The number of carbonyl (C=O) groups is 1. The number of aromatic nitrogens is 3. The van der Waals surface area contributed by atoms with Crippen LogP contribution in [0.25, 0.3) is 5.65 Å². The van der Waals surface area contributed by atoms with Gasteiger partial charge in [-0.3, -0.25) is 4.79 Å². The van der Waals surface area contributed by atoms with Gasteiger partial charge in [0.25, 0.3) is 0 Å². The van der Waals surface area contributed by atoms with E-state index in [1.54, 1.807) is 22.7 Å². The molecule has 3 aromatic rings. The number of hydrogen-bond acceptors (Lipinski definition) is 3. The van der Waals surface area contributed by atoms with E-state index in [0.717, 1.165) is 35.4 Å². The quantitative estimate of drug-likeness (QED) is 0.623.